The lowest BCUT2D eigenvalue weighted by molar-refractivity contribution is 0.275. The zero-order valence-corrected chi connectivity index (χ0v) is 16.2. The highest BCUT2D eigenvalue weighted by Gasteiger charge is 2.58. The molecule has 0 spiro atoms. The molecule has 6 nitrogen and oxygen atoms in total. The standard InChI is InChI=1S/C22H22N4O2/c1-13-4-6-15-16(8-13)20(17-9-14(27-2)5-7-19(17)28-3)22(11-24,12-25)21(26)18(15)10-23/h5-7,9,13,16,18,20,26H,4,8H2,1-3H3/t13-,16-,18?,20-/m0/s1. The van der Waals surface area contributed by atoms with Gasteiger partial charge in [-0.3, -0.25) is 0 Å². The van der Waals surface area contributed by atoms with Crippen LogP contribution in [0.5, 0.6) is 11.5 Å². The maximum atomic E-state index is 10.1. The lowest BCUT2D eigenvalue weighted by Crippen LogP contribution is -2.49. The summed E-state index contributed by atoms with van der Waals surface area (Å²) in [5.74, 6) is -0.161. The fraction of sp³-hybridized carbons (Fsp3) is 0.455. The van der Waals surface area contributed by atoms with E-state index in [0.29, 0.717) is 23.0 Å². The summed E-state index contributed by atoms with van der Waals surface area (Å²) in [6, 6.07) is 11.7. The smallest absolute Gasteiger partial charge is 0.189 e. The van der Waals surface area contributed by atoms with Gasteiger partial charge in [-0.15, -0.1) is 0 Å². The van der Waals surface area contributed by atoms with E-state index < -0.39 is 17.3 Å². The average Bonchev–Trinajstić information content (AvgIpc) is 2.72. The molecule has 1 fully saturated rings. The van der Waals surface area contributed by atoms with E-state index in [0.717, 1.165) is 18.4 Å². The van der Waals surface area contributed by atoms with Crippen LogP contribution in [0.1, 0.15) is 31.2 Å². The molecular weight excluding hydrogens is 352 g/mol. The highest BCUT2D eigenvalue weighted by molar-refractivity contribution is 6.01. The van der Waals surface area contributed by atoms with Crippen molar-refractivity contribution in [1.29, 1.82) is 21.2 Å². The molecule has 28 heavy (non-hydrogen) atoms. The Morgan fingerprint density at radius 2 is 1.86 bits per heavy atom. The van der Waals surface area contributed by atoms with Crippen LogP contribution in [-0.2, 0) is 0 Å². The van der Waals surface area contributed by atoms with Crippen molar-refractivity contribution in [3.63, 3.8) is 0 Å². The number of fused-ring (bicyclic) bond motifs is 1. The van der Waals surface area contributed by atoms with E-state index in [9.17, 15) is 15.8 Å². The van der Waals surface area contributed by atoms with Gasteiger partial charge < -0.3 is 14.9 Å². The number of nitriles is 3. The largest absolute Gasteiger partial charge is 0.497 e. The van der Waals surface area contributed by atoms with E-state index >= 15 is 0 Å². The van der Waals surface area contributed by atoms with Crippen LogP contribution in [0.15, 0.2) is 29.8 Å². The molecule has 0 saturated heterocycles. The van der Waals surface area contributed by atoms with E-state index in [1.165, 1.54) is 7.11 Å². The van der Waals surface area contributed by atoms with Gasteiger partial charge in [0, 0.05) is 11.5 Å². The third-order valence-electron chi connectivity index (χ3n) is 6.01. The van der Waals surface area contributed by atoms with Gasteiger partial charge >= 0.3 is 0 Å². The molecule has 0 aliphatic heterocycles. The molecular formula is C22H22N4O2. The zero-order valence-electron chi connectivity index (χ0n) is 16.2. The minimum absolute atomic E-state index is 0.146. The molecule has 1 aromatic rings. The van der Waals surface area contributed by atoms with Gasteiger partial charge in [-0.1, -0.05) is 13.0 Å². The SMILES string of the molecule is COc1ccc(OC)c([C@@H]2[C@H]3C[C@@H](C)CC=C3C(C#N)C(=N)C2(C#N)C#N)c1. The monoisotopic (exact) mass is 374 g/mol. The minimum atomic E-state index is -1.74. The van der Waals surface area contributed by atoms with Crippen molar-refractivity contribution in [2.75, 3.05) is 14.2 Å². The van der Waals surface area contributed by atoms with Gasteiger partial charge in [-0.2, -0.15) is 15.8 Å². The fourth-order valence-corrected chi connectivity index (χ4v) is 4.63. The van der Waals surface area contributed by atoms with E-state index in [2.05, 4.69) is 25.1 Å². The van der Waals surface area contributed by atoms with Crippen molar-refractivity contribution in [3.8, 4) is 29.7 Å². The molecule has 6 heteroatoms. The quantitative estimate of drug-likeness (QED) is 0.804. The number of methoxy groups -OCH3 is 2. The summed E-state index contributed by atoms with van der Waals surface area (Å²) in [4.78, 5) is 0. The third kappa shape index (κ3) is 2.72. The highest BCUT2D eigenvalue weighted by Crippen LogP contribution is 2.57. The second kappa shape index (κ2) is 7.37. The molecule has 3 rings (SSSR count). The van der Waals surface area contributed by atoms with Crippen molar-refractivity contribution in [2.24, 2.45) is 23.2 Å². The Labute approximate surface area is 165 Å². The molecule has 0 aromatic heterocycles. The first-order chi connectivity index (χ1) is 13.5. The van der Waals surface area contributed by atoms with Crippen LogP contribution in [0.4, 0.5) is 0 Å². The average molecular weight is 374 g/mol. The summed E-state index contributed by atoms with van der Waals surface area (Å²) >= 11 is 0. The van der Waals surface area contributed by atoms with Crippen molar-refractivity contribution in [1.82, 2.24) is 0 Å². The first-order valence-corrected chi connectivity index (χ1v) is 9.20. The van der Waals surface area contributed by atoms with Crippen molar-refractivity contribution in [3.05, 3.63) is 35.4 Å². The van der Waals surface area contributed by atoms with E-state index in [1.807, 2.05) is 6.08 Å². The van der Waals surface area contributed by atoms with Gasteiger partial charge in [0.15, 0.2) is 5.41 Å². The Kier molecular flexibility index (Phi) is 5.12. The summed E-state index contributed by atoms with van der Waals surface area (Å²) in [5, 5.41) is 38.6. The van der Waals surface area contributed by atoms with Gasteiger partial charge in [0.25, 0.3) is 0 Å². The molecule has 0 radical (unpaired) electrons. The summed E-state index contributed by atoms with van der Waals surface area (Å²) < 4.78 is 10.9. The molecule has 0 amide bonds. The number of hydrogen-bond donors (Lipinski definition) is 1. The molecule has 4 atom stereocenters. The molecule has 0 bridgehead atoms. The molecule has 0 heterocycles. The van der Waals surface area contributed by atoms with Crippen LogP contribution in [0.25, 0.3) is 0 Å². The van der Waals surface area contributed by atoms with Gasteiger partial charge in [-0.05, 0) is 48.4 Å². The Balaban J connectivity index is 2.33. The van der Waals surface area contributed by atoms with Crippen LogP contribution in [0, 0.1) is 62.6 Å². The van der Waals surface area contributed by atoms with Gasteiger partial charge in [0.1, 0.15) is 17.4 Å². The number of allylic oxidation sites excluding steroid dienone is 2. The predicted molar refractivity (Wildman–Crippen MR) is 103 cm³/mol. The number of rotatable bonds is 3. The maximum Gasteiger partial charge on any atom is 0.189 e. The molecule has 2 aliphatic carbocycles. The Bertz CT molecular complexity index is 946. The number of ether oxygens (including phenoxy) is 2. The van der Waals surface area contributed by atoms with E-state index in [4.69, 9.17) is 14.9 Å². The van der Waals surface area contributed by atoms with Crippen LogP contribution in [0.3, 0.4) is 0 Å². The van der Waals surface area contributed by atoms with Crippen LogP contribution >= 0.6 is 0 Å². The minimum Gasteiger partial charge on any atom is -0.497 e. The summed E-state index contributed by atoms with van der Waals surface area (Å²) in [6.45, 7) is 2.12. The predicted octanol–water partition coefficient (Wildman–Crippen LogP) is 3.97. The number of benzene rings is 1. The second-order valence-electron chi connectivity index (χ2n) is 7.48. The normalized spacial score (nSPS) is 28.0. The van der Waals surface area contributed by atoms with Crippen LogP contribution in [0.2, 0.25) is 0 Å². The lowest BCUT2D eigenvalue weighted by atomic mass is 9.52. The van der Waals surface area contributed by atoms with Crippen molar-refractivity contribution < 1.29 is 9.47 Å². The Morgan fingerprint density at radius 3 is 2.43 bits per heavy atom. The third-order valence-corrected chi connectivity index (χ3v) is 6.01. The van der Waals surface area contributed by atoms with Crippen LogP contribution < -0.4 is 9.47 Å². The first kappa shape index (κ1) is 19.5. The highest BCUT2D eigenvalue weighted by atomic mass is 16.5. The number of nitrogens with one attached hydrogen (secondary N) is 1. The molecule has 1 N–H and O–H groups in total. The molecule has 142 valence electrons. The lowest BCUT2D eigenvalue weighted by Gasteiger charge is -2.47. The van der Waals surface area contributed by atoms with E-state index in [-0.39, 0.29) is 11.6 Å². The topological polar surface area (TPSA) is 114 Å². The van der Waals surface area contributed by atoms with Crippen molar-refractivity contribution >= 4 is 5.71 Å². The van der Waals surface area contributed by atoms with E-state index in [1.54, 1.807) is 25.3 Å². The Morgan fingerprint density at radius 1 is 1.14 bits per heavy atom. The fourth-order valence-electron chi connectivity index (χ4n) is 4.63. The first-order valence-electron chi connectivity index (χ1n) is 9.20. The van der Waals surface area contributed by atoms with Gasteiger partial charge in [-0.25, -0.2) is 0 Å². The summed E-state index contributed by atoms with van der Waals surface area (Å²) in [6.07, 6.45) is 3.60. The Hall–Kier alpha value is -3.30. The molecule has 2 aliphatic rings. The summed E-state index contributed by atoms with van der Waals surface area (Å²) in [5.41, 5.74) is -0.372. The molecule has 1 aromatic carbocycles. The van der Waals surface area contributed by atoms with Crippen molar-refractivity contribution in [2.45, 2.75) is 25.7 Å². The number of hydrogen-bond acceptors (Lipinski definition) is 6. The summed E-state index contributed by atoms with van der Waals surface area (Å²) in [7, 11) is 3.09. The second-order valence-corrected chi connectivity index (χ2v) is 7.48. The maximum absolute atomic E-state index is 10.1. The molecule has 1 unspecified atom stereocenters. The van der Waals surface area contributed by atoms with Gasteiger partial charge in [0.2, 0.25) is 0 Å². The number of nitrogens with zero attached hydrogens (tertiary/aromatic N) is 3. The van der Waals surface area contributed by atoms with Gasteiger partial charge in [0.05, 0.1) is 38.1 Å². The van der Waals surface area contributed by atoms with Crippen LogP contribution in [-0.4, -0.2) is 19.9 Å². The molecule has 1 saturated carbocycles. The zero-order chi connectivity index (χ0) is 20.5.